The number of sulfone groups is 1. The van der Waals surface area contributed by atoms with Gasteiger partial charge in [0.05, 0.1) is 10.5 Å². The summed E-state index contributed by atoms with van der Waals surface area (Å²) in [4.78, 5) is 0. The maximum atomic E-state index is 13.3. The van der Waals surface area contributed by atoms with Crippen molar-refractivity contribution < 1.29 is 17.5 Å². The minimum Gasteiger partial charge on any atom is -0.489 e. The van der Waals surface area contributed by atoms with Crippen LogP contribution in [-0.2, 0) is 9.84 Å². The highest BCUT2D eigenvalue weighted by Gasteiger charge is 2.28. The average molecular weight is 275 g/mol. The van der Waals surface area contributed by atoms with Crippen LogP contribution in [0.1, 0.15) is 20.8 Å². The molecular weight excluding hydrogens is 257 g/mol. The molecular formula is C12H18FNO3S. The molecule has 4 nitrogen and oxygen atoms in total. The molecule has 0 atom stereocenters. The summed E-state index contributed by atoms with van der Waals surface area (Å²) in [5, 5.41) is 0. The van der Waals surface area contributed by atoms with Gasteiger partial charge < -0.3 is 10.5 Å². The van der Waals surface area contributed by atoms with Crippen LogP contribution < -0.4 is 10.5 Å². The van der Waals surface area contributed by atoms with Crippen molar-refractivity contribution in [1.82, 2.24) is 0 Å². The van der Waals surface area contributed by atoms with Crippen molar-refractivity contribution in [3.05, 3.63) is 24.0 Å². The third kappa shape index (κ3) is 3.60. The standard InChI is InChI=1S/C12H18FNO3S/c1-12(2,3)18(15,16)7-6-17-11-5-4-9(14)8-10(11)13/h4-5,8H,6-7,14H2,1-3H3. The smallest absolute Gasteiger partial charge is 0.167 e. The first-order valence-electron chi connectivity index (χ1n) is 5.53. The molecule has 1 rings (SSSR count). The Balaban J connectivity index is 2.63. The molecule has 0 saturated carbocycles. The fourth-order valence-corrected chi connectivity index (χ4v) is 2.12. The first-order chi connectivity index (χ1) is 8.13. The average Bonchev–Trinajstić information content (AvgIpc) is 2.19. The third-order valence-electron chi connectivity index (χ3n) is 2.50. The summed E-state index contributed by atoms with van der Waals surface area (Å²) in [7, 11) is -3.26. The summed E-state index contributed by atoms with van der Waals surface area (Å²) in [6.45, 7) is 4.77. The number of hydrogen-bond donors (Lipinski definition) is 1. The van der Waals surface area contributed by atoms with Crippen LogP contribution in [0.5, 0.6) is 5.75 Å². The van der Waals surface area contributed by atoms with Gasteiger partial charge in [-0.3, -0.25) is 0 Å². The van der Waals surface area contributed by atoms with E-state index in [1.807, 2.05) is 0 Å². The van der Waals surface area contributed by atoms with Crippen LogP contribution in [-0.4, -0.2) is 25.5 Å². The molecule has 0 bridgehead atoms. The first-order valence-corrected chi connectivity index (χ1v) is 7.19. The van der Waals surface area contributed by atoms with Crippen molar-refractivity contribution in [2.75, 3.05) is 18.1 Å². The Bertz CT molecular complexity index is 521. The molecule has 18 heavy (non-hydrogen) atoms. The normalized spacial score (nSPS) is 12.4. The Kier molecular flexibility index (Phi) is 4.21. The molecule has 0 amide bonds. The molecule has 1 aromatic carbocycles. The summed E-state index contributed by atoms with van der Waals surface area (Å²) in [5.74, 6) is -0.739. The van der Waals surface area contributed by atoms with Crippen molar-refractivity contribution in [3.63, 3.8) is 0 Å². The van der Waals surface area contributed by atoms with Gasteiger partial charge in [0.25, 0.3) is 0 Å². The number of nitrogen functional groups attached to an aromatic ring is 1. The van der Waals surface area contributed by atoms with E-state index in [1.165, 1.54) is 12.1 Å². The second-order valence-corrected chi connectivity index (χ2v) is 7.83. The SMILES string of the molecule is CC(C)(C)S(=O)(=O)CCOc1ccc(N)cc1F. The number of nitrogens with two attached hydrogens (primary N) is 1. The largest absolute Gasteiger partial charge is 0.489 e. The molecule has 102 valence electrons. The molecule has 2 N–H and O–H groups in total. The Morgan fingerprint density at radius 3 is 2.44 bits per heavy atom. The molecule has 0 saturated heterocycles. The van der Waals surface area contributed by atoms with Crippen molar-refractivity contribution in [2.24, 2.45) is 0 Å². The van der Waals surface area contributed by atoms with Crippen molar-refractivity contribution in [1.29, 1.82) is 0 Å². The van der Waals surface area contributed by atoms with Crippen LogP contribution in [0.25, 0.3) is 0 Å². The Hall–Kier alpha value is -1.30. The fourth-order valence-electron chi connectivity index (χ4n) is 1.20. The maximum absolute atomic E-state index is 13.3. The lowest BCUT2D eigenvalue weighted by Gasteiger charge is -2.19. The number of anilines is 1. The van der Waals surface area contributed by atoms with Crippen LogP contribution in [0.15, 0.2) is 18.2 Å². The van der Waals surface area contributed by atoms with Gasteiger partial charge in [0.15, 0.2) is 21.4 Å². The molecule has 0 aliphatic heterocycles. The Labute approximate surface area is 107 Å². The van der Waals surface area contributed by atoms with Gasteiger partial charge in [-0.15, -0.1) is 0 Å². The molecule has 0 unspecified atom stereocenters. The van der Waals surface area contributed by atoms with E-state index in [1.54, 1.807) is 20.8 Å². The van der Waals surface area contributed by atoms with E-state index in [4.69, 9.17) is 10.5 Å². The number of halogens is 1. The van der Waals surface area contributed by atoms with Crippen LogP contribution >= 0.6 is 0 Å². The molecule has 0 aromatic heterocycles. The van der Waals surface area contributed by atoms with E-state index in [9.17, 15) is 12.8 Å². The number of benzene rings is 1. The molecule has 0 aliphatic carbocycles. The molecule has 0 aliphatic rings. The molecule has 6 heteroatoms. The second-order valence-electron chi connectivity index (χ2n) is 4.97. The summed E-state index contributed by atoms with van der Waals surface area (Å²) in [5.41, 5.74) is 5.68. The molecule has 0 radical (unpaired) electrons. The number of hydrogen-bond acceptors (Lipinski definition) is 4. The van der Waals surface area contributed by atoms with Crippen molar-refractivity contribution in [2.45, 2.75) is 25.5 Å². The zero-order valence-corrected chi connectivity index (χ0v) is 11.6. The van der Waals surface area contributed by atoms with Gasteiger partial charge in [-0.25, -0.2) is 12.8 Å². The van der Waals surface area contributed by atoms with E-state index in [0.717, 1.165) is 6.07 Å². The highest BCUT2D eigenvalue weighted by molar-refractivity contribution is 7.92. The third-order valence-corrected chi connectivity index (χ3v) is 5.07. The monoisotopic (exact) mass is 275 g/mol. The van der Waals surface area contributed by atoms with E-state index in [-0.39, 0.29) is 18.1 Å². The zero-order valence-electron chi connectivity index (χ0n) is 10.7. The predicted octanol–water partition coefficient (Wildman–Crippen LogP) is 2.00. The van der Waals surface area contributed by atoms with E-state index >= 15 is 0 Å². The summed E-state index contributed by atoms with van der Waals surface area (Å²) in [6.07, 6.45) is 0. The lowest BCUT2D eigenvalue weighted by atomic mass is 10.3. The van der Waals surface area contributed by atoms with Gasteiger partial charge in [0, 0.05) is 11.8 Å². The highest BCUT2D eigenvalue weighted by Crippen LogP contribution is 2.20. The minimum absolute atomic E-state index is 0.00769. The van der Waals surface area contributed by atoms with Crippen molar-refractivity contribution >= 4 is 15.5 Å². The minimum atomic E-state index is -3.26. The summed E-state index contributed by atoms with van der Waals surface area (Å²) < 4.78 is 41.2. The predicted molar refractivity (Wildman–Crippen MR) is 69.8 cm³/mol. The van der Waals surface area contributed by atoms with Gasteiger partial charge in [-0.2, -0.15) is 0 Å². The van der Waals surface area contributed by atoms with Crippen LogP contribution in [0.3, 0.4) is 0 Å². The number of ether oxygens (including phenoxy) is 1. The summed E-state index contributed by atoms with van der Waals surface area (Å²) in [6, 6.07) is 4.01. The van der Waals surface area contributed by atoms with Crippen LogP contribution in [0.4, 0.5) is 10.1 Å². The lowest BCUT2D eigenvalue weighted by molar-refractivity contribution is 0.321. The van der Waals surface area contributed by atoms with Crippen LogP contribution in [0.2, 0.25) is 0 Å². The summed E-state index contributed by atoms with van der Waals surface area (Å²) >= 11 is 0. The molecule has 0 heterocycles. The van der Waals surface area contributed by atoms with Crippen LogP contribution in [0, 0.1) is 5.82 Å². The lowest BCUT2D eigenvalue weighted by Crippen LogP contribution is -2.32. The topological polar surface area (TPSA) is 69.4 Å². The van der Waals surface area contributed by atoms with Crippen molar-refractivity contribution in [3.8, 4) is 5.75 Å². The Morgan fingerprint density at radius 1 is 1.33 bits per heavy atom. The molecule has 1 aromatic rings. The highest BCUT2D eigenvalue weighted by atomic mass is 32.2. The molecule has 0 fully saturated rings. The quantitative estimate of drug-likeness (QED) is 0.853. The zero-order chi connectivity index (χ0) is 14.0. The van der Waals surface area contributed by atoms with E-state index in [0.29, 0.717) is 5.69 Å². The van der Waals surface area contributed by atoms with Gasteiger partial charge in [-0.05, 0) is 32.9 Å². The van der Waals surface area contributed by atoms with E-state index in [2.05, 4.69) is 0 Å². The fraction of sp³-hybridized carbons (Fsp3) is 0.500. The number of rotatable bonds is 4. The van der Waals surface area contributed by atoms with Gasteiger partial charge in [0.1, 0.15) is 6.61 Å². The second kappa shape index (κ2) is 5.14. The Morgan fingerprint density at radius 2 is 1.94 bits per heavy atom. The van der Waals surface area contributed by atoms with E-state index < -0.39 is 20.4 Å². The van der Waals surface area contributed by atoms with Gasteiger partial charge in [0.2, 0.25) is 0 Å². The van der Waals surface area contributed by atoms with Gasteiger partial charge in [-0.1, -0.05) is 0 Å². The molecule has 0 spiro atoms. The first kappa shape index (κ1) is 14.8. The maximum Gasteiger partial charge on any atom is 0.167 e. The van der Waals surface area contributed by atoms with Gasteiger partial charge >= 0.3 is 0 Å².